The smallest absolute Gasteiger partial charge is 0.244 e. The van der Waals surface area contributed by atoms with Crippen LogP contribution in [0.25, 0.3) is 0 Å². The summed E-state index contributed by atoms with van der Waals surface area (Å²) in [4.78, 5) is 28.4. The van der Waals surface area contributed by atoms with Crippen molar-refractivity contribution in [2.75, 3.05) is 24.2 Å². The molecule has 1 N–H and O–H groups in total. The van der Waals surface area contributed by atoms with E-state index in [1.165, 1.54) is 11.9 Å². The van der Waals surface area contributed by atoms with E-state index in [1.54, 1.807) is 49.4 Å². The van der Waals surface area contributed by atoms with E-state index in [0.29, 0.717) is 21.3 Å². The van der Waals surface area contributed by atoms with Gasteiger partial charge in [0.2, 0.25) is 21.8 Å². The minimum absolute atomic E-state index is 0.0815. The topological polar surface area (TPSA) is 86.8 Å². The number of carbonyl (C=O) groups excluding carboxylic acids is 2. The molecule has 2 amide bonds. The number of nitrogens with one attached hydrogen (secondary N) is 1. The highest BCUT2D eigenvalue weighted by Crippen LogP contribution is 2.26. The molecule has 3 aromatic rings. The van der Waals surface area contributed by atoms with Gasteiger partial charge in [-0.3, -0.25) is 13.9 Å². The fourth-order valence-corrected chi connectivity index (χ4v) is 5.26. The van der Waals surface area contributed by atoms with Crippen molar-refractivity contribution in [3.63, 3.8) is 0 Å². The highest BCUT2D eigenvalue weighted by atomic mass is 35.5. The molecule has 0 saturated heterocycles. The number of rotatable bonds is 10. The van der Waals surface area contributed by atoms with E-state index in [2.05, 4.69) is 5.32 Å². The van der Waals surface area contributed by atoms with Crippen molar-refractivity contribution < 1.29 is 18.0 Å². The first-order valence-electron chi connectivity index (χ1n) is 11.5. The van der Waals surface area contributed by atoms with Crippen LogP contribution in [-0.2, 0) is 32.6 Å². The third-order valence-electron chi connectivity index (χ3n) is 5.89. The zero-order chi connectivity index (χ0) is 27.2. The van der Waals surface area contributed by atoms with Crippen LogP contribution in [0.2, 0.25) is 10.0 Å². The summed E-state index contributed by atoms with van der Waals surface area (Å²) in [5.74, 6) is -0.890. The Bertz CT molecular complexity index is 1350. The molecule has 0 aliphatic rings. The number of halogens is 2. The van der Waals surface area contributed by atoms with Gasteiger partial charge in [-0.25, -0.2) is 8.42 Å². The molecule has 0 saturated carbocycles. The van der Waals surface area contributed by atoms with Crippen LogP contribution in [0.5, 0.6) is 0 Å². The minimum atomic E-state index is -3.85. The van der Waals surface area contributed by atoms with E-state index in [-0.39, 0.29) is 18.9 Å². The van der Waals surface area contributed by atoms with Gasteiger partial charge in [0.15, 0.2) is 0 Å². The van der Waals surface area contributed by atoms with Gasteiger partial charge in [-0.1, -0.05) is 65.7 Å². The monoisotopic (exact) mass is 561 g/mol. The van der Waals surface area contributed by atoms with Gasteiger partial charge >= 0.3 is 0 Å². The zero-order valence-electron chi connectivity index (χ0n) is 20.8. The standard InChI is InChI=1S/C27H29Cl2N3O4S/c1-19-15-23(29)13-14-24(19)32(37(3,35)36)18-26(33)31(17-21-9-11-22(28)12-10-21)25(27(34)30-2)16-20-7-5-4-6-8-20/h4-15,25H,16-18H2,1-3H3,(H,30,34). The number of hydrogen-bond acceptors (Lipinski definition) is 4. The molecule has 37 heavy (non-hydrogen) atoms. The van der Waals surface area contributed by atoms with Crippen LogP contribution in [0.3, 0.4) is 0 Å². The summed E-state index contributed by atoms with van der Waals surface area (Å²) in [6.45, 7) is 1.31. The number of hydrogen-bond donors (Lipinski definition) is 1. The van der Waals surface area contributed by atoms with Crippen molar-refractivity contribution in [2.24, 2.45) is 0 Å². The van der Waals surface area contributed by atoms with Crippen LogP contribution < -0.4 is 9.62 Å². The summed E-state index contributed by atoms with van der Waals surface area (Å²) in [7, 11) is -2.34. The van der Waals surface area contributed by atoms with Crippen molar-refractivity contribution in [3.05, 3.63) is 99.5 Å². The Morgan fingerprint density at radius 1 is 0.919 bits per heavy atom. The van der Waals surface area contributed by atoms with Gasteiger partial charge < -0.3 is 10.2 Å². The van der Waals surface area contributed by atoms with Crippen LogP contribution in [-0.4, -0.2) is 51.0 Å². The van der Waals surface area contributed by atoms with Crippen molar-refractivity contribution in [1.82, 2.24) is 10.2 Å². The number of aryl methyl sites for hydroxylation is 1. The van der Waals surface area contributed by atoms with Crippen molar-refractivity contribution in [2.45, 2.75) is 25.9 Å². The van der Waals surface area contributed by atoms with Gasteiger partial charge in [0.1, 0.15) is 12.6 Å². The molecular weight excluding hydrogens is 533 g/mol. The van der Waals surface area contributed by atoms with Crippen LogP contribution in [0.1, 0.15) is 16.7 Å². The Kier molecular flexibility index (Phi) is 9.59. The van der Waals surface area contributed by atoms with Crippen LogP contribution in [0.4, 0.5) is 5.69 Å². The van der Waals surface area contributed by atoms with Gasteiger partial charge in [0.05, 0.1) is 11.9 Å². The third-order valence-corrected chi connectivity index (χ3v) is 7.50. The Morgan fingerprint density at radius 3 is 2.11 bits per heavy atom. The van der Waals surface area contributed by atoms with Gasteiger partial charge in [-0.15, -0.1) is 0 Å². The van der Waals surface area contributed by atoms with E-state index in [1.807, 2.05) is 30.3 Å². The van der Waals surface area contributed by atoms with E-state index >= 15 is 0 Å². The molecule has 10 heteroatoms. The first-order valence-corrected chi connectivity index (χ1v) is 14.1. The number of carbonyl (C=O) groups is 2. The Balaban J connectivity index is 2.04. The van der Waals surface area contributed by atoms with E-state index in [0.717, 1.165) is 21.7 Å². The molecule has 0 spiro atoms. The lowest BCUT2D eigenvalue weighted by Crippen LogP contribution is -2.53. The average Bonchev–Trinajstić information content (AvgIpc) is 2.85. The average molecular weight is 563 g/mol. The second kappa shape index (κ2) is 12.4. The molecular formula is C27H29Cl2N3O4S. The number of sulfonamides is 1. The lowest BCUT2D eigenvalue weighted by molar-refractivity contribution is -0.139. The quantitative estimate of drug-likeness (QED) is 0.396. The van der Waals surface area contributed by atoms with E-state index in [4.69, 9.17) is 23.2 Å². The number of nitrogens with zero attached hydrogens (tertiary/aromatic N) is 2. The predicted octanol–water partition coefficient (Wildman–Crippen LogP) is 4.45. The number of likely N-dealkylation sites (N-methyl/N-ethyl adjacent to an activating group) is 1. The number of anilines is 1. The van der Waals surface area contributed by atoms with E-state index < -0.39 is 28.5 Å². The predicted molar refractivity (Wildman–Crippen MR) is 148 cm³/mol. The first-order chi connectivity index (χ1) is 17.5. The lowest BCUT2D eigenvalue weighted by atomic mass is 10.0. The van der Waals surface area contributed by atoms with Gasteiger partial charge in [0, 0.05) is 30.1 Å². The fourth-order valence-electron chi connectivity index (χ4n) is 4.00. The largest absolute Gasteiger partial charge is 0.357 e. The molecule has 7 nitrogen and oxygen atoms in total. The van der Waals surface area contributed by atoms with Crippen LogP contribution in [0, 0.1) is 6.92 Å². The maximum atomic E-state index is 13.9. The summed E-state index contributed by atoms with van der Waals surface area (Å²) in [5, 5.41) is 3.63. The summed E-state index contributed by atoms with van der Waals surface area (Å²) in [6.07, 6.45) is 1.29. The molecule has 0 aromatic heterocycles. The Morgan fingerprint density at radius 2 is 1.54 bits per heavy atom. The molecule has 0 aliphatic heterocycles. The minimum Gasteiger partial charge on any atom is -0.357 e. The summed E-state index contributed by atoms with van der Waals surface area (Å²) in [5.41, 5.74) is 2.54. The SMILES string of the molecule is CNC(=O)C(Cc1ccccc1)N(Cc1ccc(Cl)cc1)C(=O)CN(c1ccc(Cl)cc1C)S(C)(=O)=O. The highest BCUT2D eigenvalue weighted by Gasteiger charge is 2.33. The Labute approximate surface area is 228 Å². The Hall–Kier alpha value is -3.07. The molecule has 0 bridgehead atoms. The van der Waals surface area contributed by atoms with Gasteiger partial charge in [0.25, 0.3) is 0 Å². The van der Waals surface area contributed by atoms with Crippen molar-refractivity contribution in [3.8, 4) is 0 Å². The summed E-state index contributed by atoms with van der Waals surface area (Å²) < 4.78 is 26.6. The van der Waals surface area contributed by atoms with Crippen LogP contribution >= 0.6 is 23.2 Å². The summed E-state index contributed by atoms with van der Waals surface area (Å²) in [6, 6.07) is 20.2. The van der Waals surface area contributed by atoms with Gasteiger partial charge in [-0.05, 0) is 53.9 Å². The van der Waals surface area contributed by atoms with Crippen LogP contribution in [0.15, 0.2) is 72.8 Å². The maximum Gasteiger partial charge on any atom is 0.244 e. The summed E-state index contributed by atoms with van der Waals surface area (Å²) >= 11 is 12.1. The molecule has 0 radical (unpaired) electrons. The molecule has 0 heterocycles. The molecule has 3 rings (SSSR count). The second-order valence-corrected chi connectivity index (χ2v) is 11.4. The van der Waals surface area contributed by atoms with Gasteiger partial charge in [-0.2, -0.15) is 0 Å². The molecule has 1 unspecified atom stereocenters. The van der Waals surface area contributed by atoms with E-state index in [9.17, 15) is 18.0 Å². The molecule has 196 valence electrons. The second-order valence-electron chi connectivity index (χ2n) is 8.67. The normalized spacial score (nSPS) is 12.0. The van der Waals surface area contributed by atoms with Crippen molar-refractivity contribution in [1.29, 1.82) is 0 Å². The number of amides is 2. The number of benzene rings is 3. The first kappa shape index (κ1) is 28.5. The third kappa shape index (κ3) is 7.71. The molecule has 0 aliphatic carbocycles. The molecule has 0 fully saturated rings. The molecule has 1 atom stereocenters. The fraction of sp³-hybridized carbons (Fsp3) is 0.259. The lowest BCUT2D eigenvalue weighted by Gasteiger charge is -2.33. The maximum absolute atomic E-state index is 13.9. The van der Waals surface area contributed by atoms with Crippen molar-refractivity contribution >= 4 is 50.7 Å². The zero-order valence-corrected chi connectivity index (χ0v) is 23.1. The molecule has 3 aromatic carbocycles. The highest BCUT2D eigenvalue weighted by molar-refractivity contribution is 7.92.